The van der Waals surface area contributed by atoms with Crippen molar-refractivity contribution in [1.29, 1.82) is 0 Å². The number of hydrogen-bond acceptors (Lipinski definition) is 3. The highest BCUT2D eigenvalue weighted by Crippen LogP contribution is 2.20. The third-order valence-electron chi connectivity index (χ3n) is 1.77. The van der Waals surface area contributed by atoms with Gasteiger partial charge in [0.05, 0.1) is 0 Å². The summed E-state index contributed by atoms with van der Waals surface area (Å²) in [6.45, 7) is 5.45. The number of ketones is 1. The molecule has 0 saturated heterocycles. The monoisotopic (exact) mass is 191 g/mol. The molecule has 0 radical (unpaired) electrons. The SMILES string of the molecule is C=CCOc1ccc(C(C)=O)c(N)c1. The van der Waals surface area contributed by atoms with E-state index in [9.17, 15) is 4.79 Å². The predicted octanol–water partition coefficient (Wildman–Crippen LogP) is 2.04. The highest BCUT2D eigenvalue weighted by atomic mass is 16.5. The Morgan fingerprint density at radius 2 is 2.36 bits per heavy atom. The Morgan fingerprint density at radius 1 is 1.64 bits per heavy atom. The molecular formula is C11H13NO2. The molecule has 0 aliphatic heterocycles. The zero-order valence-electron chi connectivity index (χ0n) is 8.12. The van der Waals surface area contributed by atoms with Crippen molar-refractivity contribution in [1.82, 2.24) is 0 Å². The lowest BCUT2D eigenvalue weighted by atomic mass is 10.1. The van der Waals surface area contributed by atoms with E-state index in [-0.39, 0.29) is 5.78 Å². The Bertz CT molecular complexity index is 358. The highest BCUT2D eigenvalue weighted by molar-refractivity contribution is 5.99. The van der Waals surface area contributed by atoms with E-state index in [1.807, 2.05) is 0 Å². The molecule has 0 spiro atoms. The van der Waals surface area contributed by atoms with Gasteiger partial charge < -0.3 is 10.5 Å². The van der Waals surface area contributed by atoms with Gasteiger partial charge in [-0.1, -0.05) is 12.7 Å². The number of benzene rings is 1. The fourth-order valence-corrected chi connectivity index (χ4v) is 1.11. The first-order chi connectivity index (χ1) is 6.65. The molecule has 3 nitrogen and oxygen atoms in total. The van der Waals surface area contributed by atoms with Crippen molar-refractivity contribution < 1.29 is 9.53 Å². The van der Waals surface area contributed by atoms with Crippen LogP contribution >= 0.6 is 0 Å². The zero-order chi connectivity index (χ0) is 10.6. The molecule has 0 unspecified atom stereocenters. The fourth-order valence-electron chi connectivity index (χ4n) is 1.11. The average molecular weight is 191 g/mol. The van der Waals surface area contributed by atoms with Crippen LogP contribution in [-0.2, 0) is 0 Å². The van der Waals surface area contributed by atoms with E-state index in [1.54, 1.807) is 24.3 Å². The number of hydrogen-bond donors (Lipinski definition) is 1. The first-order valence-electron chi connectivity index (χ1n) is 4.29. The number of carbonyl (C=O) groups is 1. The van der Waals surface area contributed by atoms with Crippen molar-refractivity contribution in [2.75, 3.05) is 12.3 Å². The van der Waals surface area contributed by atoms with Gasteiger partial charge in [-0.05, 0) is 19.1 Å². The van der Waals surface area contributed by atoms with Crippen LogP contribution in [0.1, 0.15) is 17.3 Å². The van der Waals surface area contributed by atoms with Gasteiger partial charge in [0.25, 0.3) is 0 Å². The van der Waals surface area contributed by atoms with Crippen LogP contribution in [0.4, 0.5) is 5.69 Å². The Morgan fingerprint density at radius 3 is 2.86 bits per heavy atom. The van der Waals surface area contributed by atoms with Crippen molar-refractivity contribution in [3.63, 3.8) is 0 Å². The molecule has 74 valence electrons. The van der Waals surface area contributed by atoms with Crippen molar-refractivity contribution in [3.8, 4) is 5.75 Å². The summed E-state index contributed by atoms with van der Waals surface area (Å²) in [5.74, 6) is 0.602. The summed E-state index contributed by atoms with van der Waals surface area (Å²) in [5.41, 5.74) is 6.63. The van der Waals surface area contributed by atoms with Crippen LogP contribution in [0.25, 0.3) is 0 Å². The smallest absolute Gasteiger partial charge is 0.161 e. The van der Waals surface area contributed by atoms with Crippen molar-refractivity contribution in [3.05, 3.63) is 36.4 Å². The Kier molecular flexibility index (Phi) is 3.29. The predicted molar refractivity (Wildman–Crippen MR) is 56.6 cm³/mol. The van der Waals surface area contributed by atoms with E-state index < -0.39 is 0 Å². The molecule has 0 aliphatic carbocycles. The number of carbonyl (C=O) groups excluding carboxylic acids is 1. The van der Waals surface area contributed by atoms with Crippen LogP contribution in [0.5, 0.6) is 5.75 Å². The van der Waals surface area contributed by atoms with Gasteiger partial charge in [-0.2, -0.15) is 0 Å². The largest absolute Gasteiger partial charge is 0.489 e. The number of nitrogen functional groups attached to an aromatic ring is 1. The minimum Gasteiger partial charge on any atom is -0.489 e. The third-order valence-corrected chi connectivity index (χ3v) is 1.77. The first-order valence-corrected chi connectivity index (χ1v) is 4.29. The molecule has 0 saturated carbocycles. The summed E-state index contributed by atoms with van der Waals surface area (Å²) in [6.07, 6.45) is 1.65. The second-order valence-electron chi connectivity index (χ2n) is 2.90. The quantitative estimate of drug-likeness (QED) is 0.450. The second-order valence-corrected chi connectivity index (χ2v) is 2.90. The van der Waals surface area contributed by atoms with E-state index in [0.717, 1.165) is 0 Å². The molecule has 0 aliphatic rings. The summed E-state index contributed by atoms with van der Waals surface area (Å²) in [7, 11) is 0. The second kappa shape index (κ2) is 4.46. The number of rotatable bonds is 4. The van der Waals surface area contributed by atoms with Gasteiger partial charge in [0.2, 0.25) is 0 Å². The number of nitrogens with two attached hydrogens (primary N) is 1. The maximum absolute atomic E-state index is 11.1. The number of Topliss-reactive ketones (excluding diaryl/α,β-unsaturated/α-hetero) is 1. The molecule has 2 N–H and O–H groups in total. The summed E-state index contributed by atoms with van der Waals surface area (Å²) < 4.78 is 5.26. The van der Waals surface area contributed by atoms with Gasteiger partial charge in [0, 0.05) is 17.3 Å². The molecule has 1 rings (SSSR count). The molecule has 0 bridgehead atoms. The summed E-state index contributed by atoms with van der Waals surface area (Å²) in [6, 6.07) is 5.02. The summed E-state index contributed by atoms with van der Waals surface area (Å²) in [4.78, 5) is 11.1. The summed E-state index contributed by atoms with van der Waals surface area (Å²) >= 11 is 0. The van der Waals surface area contributed by atoms with E-state index in [2.05, 4.69) is 6.58 Å². The van der Waals surface area contributed by atoms with E-state index >= 15 is 0 Å². The molecule has 14 heavy (non-hydrogen) atoms. The number of ether oxygens (including phenoxy) is 1. The Labute approximate surface area is 83.2 Å². The van der Waals surface area contributed by atoms with Crippen LogP contribution in [-0.4, -0.2) is 12.4 Å². The van der Waals surface area contributed by atoms with Gasteiger partial charge in [-0.3, -0.25) is 4.79 Å². The maximum atomic E-state index is 11.1. The highest BCUT2D eigenvalue weighted by Gasteiger charge is 2.05. The van der Waals surface area contributed by atoms with E-state index in [0.29, 0.717) is 23.6 Å². The lowest BCUT2D eigenvalue weighted by Gasteiger charge is -2.06. The minimum absolute atomic E-state index is 0.0437. The molecule has 0 heterocycles. The molecule has 0 aromatic heterocycles. The van der Waals surface area contributed by atoms with Gasteiger partial charge in [0.1, 0.15) is 12.4 Å². The average Bonchev–Trinajstić information content (AvgIpc) is 2.14. The molecule has 1 aromatic carbocycles. The van der Waals surface area contributed by atoms with Crippen LogP contribution in [0.2, 0.25) is 0 Å². The van der Waals surface area contributed by atoms with Crippen LogP contribution in [0, 0.1) is 0 Å². The third kappa shape index (κ3) is 2.36. The lowest BCUT2D eigenvalue weighted by molar-refractivity contribution is 0.101. The molecular weight excluding hydrogens is 178 g/mol. The maximum Gasteiger partial charge on any atom is 0.161 e. The van der Waals surface area contributed by atoms with Gasteiger partial charge in [-0.25, -0.2) is 0 Å². The number of anilines is 1. The minimum atomic E-state index is -0.0437. The Balaban J connectivity index is 2.88. The van der Waals surface area contributed by atoms with Crippen molar-refractivity contribution >= 4 is 11.5 Å². The zero-order valence-corrected chi connectivity index (χ0v) is 8.12. The Hall–Kier alpha value is -1.77. The summed E-state index contributed by atoms with van der Waals surface area (Å²) in [5, 5.41) is 0. The van der Waals surface area contributed by atoms with Crippen molar-refractivity contribution in [2.45, 2.75) is 6.92 Å². The van der Waals surface area contributed by atoms with Crippen LogP contribution in [0.3, 0.4) is 0 Å². The van der Waals surface area contributed by atoms with Crippen LogP contribution in [0.15, 0.2) is 30.9 Å². The normalized spacial score (nSPS) is 9.50. The van der Waals surface area contributed by atoms with E-state index in [4.69, 9.17) is 10.5 Å². The van der Waals surface area contributed by atoms with Gasteiger partial charge in [0.15, 0.2) is 5.78 Å². The first kappa shape index (κ1) is 10.3. The van der Waals surface area contributed by atoms with Crippen molar-refractivity contribution in [2.24, 2.45) is 0 Å². The van der Waals surface area contributed by atoms with E-state index in [1.165, 1.54) is 6.92 Å². The van der Waals surface area contributed by atoms with Crippen LogP contribution < -0.4 is 10.5 Å². The molecule has 0 amide bonds. The topological polar surface area (TPSA) is 52.3 Å². The van der Waals surface area contributed by atoms with Gasteiger partial charge >= 0.3 is 0 Å². The lowest BCUT2D eigenvalue weighted by Crippen LogP contribution is -2.01. The molecule has 1 aromatic rings. The van der Waals surface area contributed by atoms with Gasteiger partial charge in [-0.15, -0.1) is 0 Å². The molecule has 0 atom stereocenters. The molecule has 3 heteroatoms. The molecule has 0 fully saturated rings. The fraction of sp³-hybridized carbons (Fsp3) is 0.182. The standard InChI is InChI=1S/C11H13NO2/c1-3-6-14-9-4-5-10(8(2)13)11(12)7-9/h3-5,7H,1,6,12H2,2H3.